The fourth-order valence-corrected chi connectivity index (χ4v) is 4.50. The molecule has 1 N–H and O–H groups in total. The highest BCUT2D eigenvalue weighted by Crippen LogP contribution is 2.36. The zero-order valence-corrected chi connectivity index (χ0v) is 19.3. The number of rotatable bonds is 7. The number of amides is 2. The highest BCUT2D eigenvalue weighted by atomic mass is 16.2. The van der Waals surface area contributed by atoms with E-state index in [9.17, 15) is 9.59 Å². The molecule has 33 heavy (non-hydrogen) atoms. The van der Waals surface area contributed by atoms with Gasteiger partial charge in [-0.15, -0.1) is 6.58 Å². The zero-order valence-electron chi connectivity index (χ0n) is 19.3. The van der Waals surface area contributed by atoms with Gasteiger partial charge in [0.1, 0.15) is 5.69 Å². The molecule has 4 rings (SSSR count). The molecule has 1 saturated heterocycles. The van der Waals surface area contributed by atoms with E-state index < -0.39 is 5.41 Å². The predicted molar refractivity (Wildman–Crippen MR) is 130 cm³/mol. The van der Waals surface area contributed by atoms with Gasteiger partial charge in [0.15, 0.2) is 0 Å². The molecule has 170 valence electrons. The van der Waals surface area contributed by atoms with Crippen molar-refractivity contribution in [2.24, 2.45) is 12.5 Å². The van der Waals surface area contributed by atoms with Crippen LogP contribution >= 0.6 is 0 Å². The first-order chi connectivity index (χ1) is 15.9. The zero-order chi connectivity index (χ0) is 23.4. The average molecular weight is 443 g/mol. The summed E-state index contributed by atoms with van der Waals surface area (Å²) in [6, 6.07) is 18.5. The summed E-state index contributed by atoms with van der Waals surface area (Å²) >= 11 is 0. The molecule has 1 unspecified atom stereocenters. The number of carbonyl (C=O) groups excluding carboxylic acids is 2. The van der Waals surface area contributed by atoms with Crippen LogP contribution < -0.4 is 5.32 Å². The lowest BCUT2D eigenvalue weighted by Crippen LogP contribution is -2.45. The average Bonchev–Trinajstić information content (AvgIpc) is 3.45. The Morgan fingerprint density at radius 2 is 1.94 bits per heavy atom. The van der Waals surface area contributed by atoms with Gasteiger partial charge in [-0.05, 0) is 42.5 Å². The van der Waals surface area contributed by atoms with Gasteiger partial charge in [0.05, 0.1) is 5.41 Å². The van der Waals surface area contributed by atoms with Crippen LogP contribution in [-0.2, 0) is 18.3 Å². The molecule has 1 aliphatic rings. The van der Waals surface area contributed by atoms with E-state index >= 15 is 0 Å². The third-order valence-electron chi connectivity index (χ3n) is 6.32. The quantitative estimate of drug-likeness (QED) is 0.567. The molecule has 6 nitrogen and oxygen atoms in total. The van der Waals surface area contributed by atoms with Crippen molar-refractivity contribution in [1.29, 1.82) is 0 Å². The number of aryl methyl sites for hydroxylation is 2. The molecule has 0 radical (unpaired) electrons. The van der Waals surface area contributed by atoms with Crippen LogP contribution in [0.25, 0.3) is 11.1 Å². The van der Waals surface area contributed by atoms with E-state index in [0.717, 1.165) is 16.7 Å². The van der Waals surface area contributed by atoms with Crippen molar-refractivity contribution in [3.05, 3.63) is 90.3 Å². The normalized spacial score (nSPS) is 17.7. The van der Waals surface area contributed by atoms with Crippen molar-refractivity contribution in [2.75, 3.05) is 19.6 Å². The highest BCUT2D eigenvalue weighted by molar-refractivity contribution is 5.93. The SMILES string of the molecule is C=CCNC(=O)C1(Cc2cccc(-c3ccc(C)cc3)c2)CCN(C(=O)c2ccn(C)n2)C1. The van der Waals surface area contributed by atoms with Gasteiger partial charge in [-0.25, -0.2) is 0 Å². The molecule has 6 heteroatoms. The van der Waals surface area contributed by atoms with Crippen molar-refractivity contribution in [3.63, 3.8) is 0 Å². The molecule has 2 aromatic carbocycles. The van der Waals surface area contributed by atoms with Crippen LogP contribution in [0.2, 0.25) is 0 Å². The number of nitrogens with one attached hydrogen (secondary N) is 1. The Morgan fingerprint density at radius 1 is 1.15 bits per heavy atom. The molecular weight excluding hydrogens is 412 g/mol. The number of hydrogen-bond acceptors (Lipinski definition) is 3. The van der Waals surface area contributed by atoms with E-state index in [1.807, 2.05) is 6.07 Å². The summed E-state index contributed by atoms with van der Waals surface area (Å²) in [5.74, 6) is -0.179. The predicted octanol–water partition coefficient (Wildman–Crippen LogP) is 3.77. The summed E-state index contributed by atoms with van der Waals surface area (Å²) in [6.07, 6.45) is 4.59. The molecule has 2 heterocycles. The molecule has 0 spiro atoms. The van der Waals surface area contributed by atoms with E-state index in [2.05, 4.69) is 66.4 Å². The Balaban J connectivity index is 1.60. The fourth-order valence-electron chi connectivity index (χ4n) is 4.50. The van der Waals surface area contributed by atoms with Gasteiger partial charge in [0.2, 0.25) is 5.91 Å². The summed E-state index contributed by atoms with van der Waals surface area (Å²) in [7, 11) is 1.79. The molecule has 0 saturated carbocycles. The van der Waals surface area contributed by atoms with Crippen LogP contribution in [0.3, 0.4) is 0 Å². The Morgan fingerprint density at radius 3 is 2.64 bits per heavy atom. The topological polar surface area (TPSA) is 67.2 Å². The van der Waals surface area contributed by atoms with E-state index in [4.69, 9.17) is 0 Å². The summed E-state index contributed by atoms with van der Waals surface area (Å²) in [6.45, 7) is 7.07. The number of benzene rings is 2. The summed E-state index contributed by atoms with van der Waals surface area (Å²) in [4.78, 5) is 28.1. The van der Waals surface area contributed by atoms with E-state index in [-0.39, 0.29) is 11.8 Å². The van der Waals surface area contributed by atoms with Crippen molar-refractivity contribution in [2.45, 2.75) is 19.8 Å². The van der Waals surface area contributed by atoms with E-state index in [1.165, 1.54) is 5.56 Å². The molecule has 1 aliphatic heterocycles. The molecule has 0 bridgehead atoms. The minimum Gasteiger partial charge on any atom is -0.352 e. The van der Waals surface area contributed by atoms with Crippen LogP contribution in [0.1, 0.15) is 28.0 Å². The van der Waals surface area contributed by atoms with Crippen LogP contribution in [0.15, 0.2) is 73.4 Å². The van der Waals surface area contributed by atoms with Gasteiger partial charge in [0, 0.05) is 32.9 Å². The monoisotopic (exact) mass is 442 g/mol. The number of hydrogen-bond donors (Lipinski definition) is 1. The van der Waals surface area contributed by atoms with Crippen LogP contribution in [0, 0.1) is 12.3 Å². The maximum absolute atomic E-state index is 13.3. The minimum absolute atomic E-state index is 0.0422. The third-order valence-corrected chi connectivity index (χ3v) is 6.32. The van der Waals surface area contributed by atoms with Gasteiger partial charge in [0.25, 0.3) is 5.91 Å². The second-order valence-electron chi connectivity index (χ2n) is 8.87. The van der Waals surface area contributed by atoms with Gasteiger partial charge in [-0.3, -0.25) is 14.3 Å². The first-order valence-corrected chi connectivity index (χ1v) is 11.2. The smallest absolute Gasteiger partial charge is 0.274 e. The molecule has 1 aromatic heterocycles. The highest BCUT2D eigenvalue weighted by Gasteiger charge is 2.46. The van der Waals surface area contributed by atoms with Crippen LogP contribution in [0.5, 0.6) is 0 Å². The fraction of sp³-hybridized carbons (Fsp3) is 0.296. The van der Waals surface area contributed by atoms with Crippen LogP contribution in [0.4, 0.5) is 0 Å². The Bertz CT molecular complexity index is 1160. The molecular formula is C27H30N4O2. The Hall–Kier alpha value is -3.67. The Labute approximate surface area is 194 Å². The largest absolute Gasteiger partial charge is 0.352 e. The maximum Gasteiger partial charge on any atom is 0.274 e. The van der Waals surface area contributed by atoms with Gasteiger partial charge < -0.3 is 10.2 Å². The van der Waals surface area contributed by atoms with E-state index in [0.29, 0.717) is 38.2 Å². The minimum atomic E-state index is -0.695. The lowest BCUT2D eigenvalue weighted by molar-refractivity contribution is -0.130. The molecule has 1 fully saturated rings. The maximum atomic E-state index is 13.3. The van der Waals surface area contributed by atoms with Crippen molar-refractivity contribution in [3.8, 4) is 11.1 Å². The Kier molecular flexibility index (Phi) is 6.45. The molecule has 3 aromatic rings. The number of carbonyl (C=O) groups is 2. The second kappa shape index (κ2) is 9.45. The number of aromatic nitrogens is 2. The van der Waals surface area contributed by atoms with Crippen molar-refractivity contribution >= 4 is 11.8 Å². The first-order valence-electron chi connectivity index (χ1n) is 11.2. The number of nitrogens with zero attached hydrogens (tertiary/aromatic N) is 3. The lowest BCUT2D eigenvalue weighted by Gasteiger charge is -2.28. The lowest BCUT2D eigenvalue weighted by atomic mass is 9.79. The van der Waals surface area contributed by atoms with E-state index in [1.54, 1.807) is 35.0 Å². The number of likely N-dealkylation sites (tertiary alicyclic amines) is 1. The standard InChI is InChI=1S/C27H30N4O2/c1-4-14-28-26(33)27(13-16-31(19-27)25(32)24-12-15-30(3)29-24)18-21-6-5-7-23(17-21)22-10-8-20(2)9-11-22/h4-12,15,17H,1,13-14,16,18-19H2,2-3H3,(H,28,33). The first kappa shape index (κ1) is 22.5. The van der Waals surface area contributed by atoms with Gasteiger partial charge in [-0.2, -0.15) is 5.10 Å². The summed E-state index contributed by atoms with van der Waals surface area (Å²) in [5, 5.41) is 7.22. The summed E-state index contributed by atoms with van der Waals surface area (Å²) < 4.78 is 1.61. The van der Waals surface area contributed by atoms with Gasteiger partial charge in [-0.1, -0.05) is 60.2 Å². The van der Waals surface area contributed by atoms with Crippen molar-refractivity contribution in [1.82, 2.24) is 20.0 Å². The second-order valence-corrected chi connectivity index (χ2v) is 8.87. The molecule has 2 amide bonds. The van der Waals surface area contributed by atoms with Crippen LogP contribution in [-0.4, -0.2) is 46.1 Å². The third kappa shape index (κ3) is 4.90. The van der Waals surface area contributed by atoms with Gasteiger partial charge >= 0.3 is 0 Å². The summed E-state index contributed by atoms with van der Waals surface area (Å²) in [5.41, 5.74) is 4.27. The molecule has 0 aliphatic carbocycles. The molecule has 1 atom stereocenters. The van der Waals surface area contributed by atoms with Crippen molar-refractivity contribution < 1.29 is 9.59 Å².